The molecule has 1 aliphatic carbocycles. The molecule has 2 unspecified atom stereocenters. The lowest BCUT2D eigenvalue weighted by atomic mass is 9.83. The maximum Gasteiger partial charge on any atom is 0.217 e. The Kier molecular flexibility index (Phi) is 4.50. The molecule has 1 saturated heterocycles. The maximum atomic E-state index is 11.5. The summed E-state index contributed by atoms with van der Waals surface area (Å²) in [5.41, 5.74) is 2.09. The van der Waals surface area contributed by atoms with E-state index in [1.165, 1.54) is 6.92 Å². The summed E-state index contributed by atoms with van der Waals surface area (Å²) in [6, 6.07) is 7.06. The van der Waals surface area contributed by atoms with Crippen LogP contribution in [0.4, 0.5) is 0 Å². The first-order valence-electron chi connectivity index (χ1n) is 7.69. The number of fused-ring (bicyclic) bond motifs is 1. The van der Waals surface area contributed by atoms with Gasteiger partial charge in [0.2, 0.25) is 5.91 Å². The Balaban J connectivity index is 1.94. The summed E-state index contributed by atoms with van der Waals surface area (Å²) in [5.74, 6) is -0.480. The molecule has 6 nitrogen and oxygen atoms in total. The molecule has 0 bridgehead atoms. The van der Waals surface area contributed by atoms with Gasteiger partial charge in [-0.15, -0.1) is 0 Å². The van der Waals surface area contributed by atoms with E-state index in [0.717, 1.165) is 11.1 Å². The van der Waals surface area contributed by atoms with Crippen molar-refractivity contribution in [3.05, 3.63) is 41.5 Å². The summed E-state index contributed by atoms with van der Waals surface area (Å²) in [6.45, 7) is 0.951. The highest BCUT2D eigenvalue weighted by Crippen LogP contribution is 2.38. The Hall–Kier alpha value is -1.73. The van der Waals surface area contributed by atoms with E-state index in [4.69, 9.17) is 4.74 Å². The van der Waals surface area contributed by atoms with E-state index in [1.54, 1.807) is 0 Å². The number of aliphatic hydroxyl groups excluding tert-OH is 3. The van der Waals surface area contributed by atoms with Crippen LogP contribution in [0.25, 0.3) is 6.08 Å². The lowest BCUT2D eigenvalue weighted by Crippen LogP contribution is -2.65. The maximum absolute atomic E-state index is 11.5. The molecular formula is C17H21NO5. The van der Waals surface area contributed by atoms with Gasteiger partial charge >= 0.3 is 0 Å². The summed E-state index contributed by atoms with van der Waals surface area (Å²) in [4.78, 5) is 11.5. The molecule has 3 rings (SSSR count). The zero-order chi connectivity index (χ0) is 16.6. The minimum Gasteiger partial charge on any atom is -0.394 e. The molecule has 2 aliphatic rings. The molecule has 6 heteroatoms. The van der Waals surface area contributed by atoms with E-state index < -0.39 is 37.1 Å². The van der Waals surface area contributed by atoms with Gasteiger partial charge in [-0.3, -0.25) is 4.79 Å². The molecule has 1 aromatic rings. The number of hydrogen-bond donors (Lipinski definition) is 4. The molecule has 0 spiro atoms. The molecule has 1 amide bonds. The number of amides is 1. The Labute approximate surface area is 134 Å². The van der Waals surface area contributed by atoms with Gasteiger partial charge in [0, 0.05) is 12.8 Å². The largest absolute Gasteiger partial charge is 0.394 e. The Morgan fingerprint density at radius 2 is 2.00 bits per heavy atom. The minimum absolute atomic E-state index is 0.167. The van der Waals surface area contributed by atoms with Crippen LogP contribution < -0.4 is 5.32 Å². The van der Waals surface area contributed by atoms with Gasteiger partial charge in [-0.25, -0.2) is 0 Å². The molecule has 4 N–H and O–H groups in total. The van der Waals surface area contributed by atoms with E-state index >= 15 is 0 Å². The van der Waals surface area contributed by atoms with Crippen molar-refractivity contribution in [2.75, 3.05) is 6.61 Å². The van der Waals surface area contributed by atoms with Crippen LogP contribution in [0.2, 0.25) is 0 Å². The monoisotopic (exact) mass is 319 g/mol. The predicted octanol–water partition coefficient (Wildman–Crippen LogP) is -0.217. The van der Waals surface area contributed by atoms with Crippen molar-refractivity contribution in [1.82, 2.24) is 5.32 Å². The number of nitrogens with one attached hydrogen (secondary N) is 1. The smallest absolute Gasteiger partial charge is 0.217 e. The molecule has 0 saturated carbocycles. The first kappa shape index (κ1) is 16.1. The van der Waals surface area contributed by atoms with Crippen LogP contribution in [0, 0.1) is 0 Å². The highest BCUT2D eigenvalue weighted by Gasteiger charge is 2.47. The summed E-state index contributed by atoms with van der Waals surface area (Å²) >= 11 is 0. The van der Waals surface area contributed by atoms with Crippen LogP contribution in [0.5, 0.6) is 0 Å². The second kappa shape index (κ2) is 6.41. The Bertz CT molecular complexity index is 617. The van der Waals surface area contributed by atoms with Gasteiger partial charge in [0.25, 0.3) is 0 Å². The van der Waals surface area contributed by atoms with Crippen LogP contribution in [-0.4, -0.2) is 58.3 Å². The van der Waals surface area contributed by atoms with Crippen LogP contribution >= 0.6 is 0 Å². The summed E-state index contributed by atoms with van der Waals surface area (Å²) in [7, 11) is 0. The quantitative estimate of drug-likeness (QED) is 0.617. The molecule has 1 heterocycles. The third-order valence-electron chi connectivity index (χ3n) is 4.53. The second-order valence-electron chi connectivity index (χ2n) is 6.04. The standard InChI is InChI=1S/C17H21NO5/c1-9(20)18-14-16(22)15(21)13(8-19)23-17(14)12-7-6-10-4-2-3-5-11(10)12/h2-7,12-17,19,21-22H,8H2,1H3,(H,18,20)/t12?,13-,14-,15-,16-,17?/m1/s1. The van der Waals surface area contributed by atoms with Crippen molar-refractivity contribution in [3.8, 4) is 0 Å². The Morgan fingerprint density at radius 3 is 2.70 bits per heavy atom. The SMILES string of the molecule is CC(=O)N[C@H]1C(C2C=Cc3ccccc32)O[C@H](CO)[C@@H](O)[C@@H]1O. The van der Waals surface area contributed by atoms with Gasteiger partial charge < -0.3 is 25.4 Å². The average molecular weight is 319 g/mol. The van der Waals surface area contributed by atoms with Crippen LogP contribution in [0.3, 0.4) is 0 Å². The van der Waals surface area contributed by atoms with Crippen molar-refractivity contribution in [2.45, 2.75) is 43.3 Å². The van der Waals surface area contributed by atoms with Crippen molar-refractivity contribution in [3.63, 3.8) is 0 Å². The average Bonchev–Trinajstić information content (AvgIpc) is 2.96. The minimum atomic E-state index is -1.26. The zero-order valence-corrected chi connectivity index (χ0v) is 12.8. The fourth-order valence-electron chi connectivity index (χ4n) is 3.42. The van der Waals surface area contributed by atoms with E-state index in [1.807, 2.05) is 36.4 Å². The number of carbonyl (C=O) groups is 1. The molecule has 1 aromatic carbocycles. The molecule has 0 radical (unpaired) electrons. The van der Waals surface area contributed by atoms with Gasteiger partial charge in [-0.2, -0.15) is 0 Å². The van der Waals surface area contributed by atoms with Gasteiger partial charge in [0.1, 0.15) is 18.3 Å². The van der Waals surface area contributed by atoms with Crippen LogP contribution in [0.1, 0.15) is 24.0 Å². The van der Waals surface area contributed by atoms with Crippen molar-refractivity contribution in [1.29, 1.82) is 0 Å². The Morgan fingerprint density at radius 1 is 1.26 bits per heavy atom. The molecule has 1 aliphatic heterocycles. The molecular weight excluding hydrogens is 298 g/mol. The normalized spacial score (nSPS) is 35.8. The molecule has 1 fully saturated rings. The summed E-state index contributed by atoms with van der Waals surface area (Å²) in [5, 5.41) is 32.5. The summed E-state index contributed by atoms with van der Waals surface area (Å²) < 4.78 is 5.85. The van der Waals surface area contributed by atoms with Gasteiger partial charge in [0.15, 0.2) is 0 Å². The third-order valence-corrected chi connectivity index (χ3v) is 4.53. The van der Waals surface area contributed by atoms with E-state index in [-0.39, 0.29) is 11.8 Å². The highest BCUT2D eigenvalue weighted by atomic mass is 16.5. The lowest BCUT2D eigenvalue weighted by Gasteiger charge is -2.44. The van der Waals surface area contributed by atoms with Gasteiger partial charge in [0.05, 0.1) is 18.8 Å². The number of carbonyl (C=O) groups excluding carboxylic acids is 1. The van der Waals surface area contributed by atoms with Crippen molar-refractivity contribution >= 4 is 12.0 Å². The van der Waals surface area contributed by atoms with E-state index in [9.17, 15) is 20.1 Å². The number of rotatable bonds is 3. The zero-order valence-electron chi connectivity index (χ0n) is 12.8. The van der Waals surface area contributed by atoms with E-state index in [0.29, 0.717) is 0 Å². The van der Waals surface area contributed by atoms with Gasteiger partial charge in [-0.1, -0.05) is 36.4 Å². The summed E-state index contributed by atoms with van der Waals surface area (Å²) in [6.07, 6.45) is 0.00273. The topological polar surface area (TPSA) is 99.0 Å². The van der Waals surface area contributed by atoms with Crippen molar-refractivity contribution in [2.24, 2.45) is 0 Å². The van der Waals surface area contributed by atoms with Crippen molar-refractivity contribution < 1.29 is 24.9 Å². The number of benzene rings is 1. The van der Waals surface area contributed by atoms with Gasteiger partial charge in [-0.05, 0) is 11.1 Å². The fraction of sp³-hybridized carbons (Fsp3) is 0.471. The first-order chi connectivity index (χ1) is 11.0. The fourth-order valence-corrected chi connectivity index (χ4v) is 3.42. The predicted molar refractivity (Wildman–Crippen MR) is 83.6 cm³/mol. The van der Waals surface area contributed by atoms with E-state index in [2.05, 4.69) is 5.32 Å². The molecule has 6 atom stereocenters. The third kappa shape index (κ3) is 2.90. The molecule has 124 valence electrons. The van der Waals surface area contributed by atoms with Crippen LogP contribution in [0.15, 0.2) is 30.3 Å². The number of aliphatic hydroxyl groups is 3. The van der Waals surface area contributed by atoms with Crippen LogP contribution in [-0.2, 0) is 9.53 Å². The number of hydrogen-bond acceptors (Lipinski definition) is 5. The molecule has 0 aromatic heterocycles. The second-order valence-corrected chi connectivity index (χ2v) is 6.04. The number of ether oxygens (including phenoxy) is 1. The highest BCUT2D eigenvalue weighted by molar-refractivity contribution is 5.73. The first-order valence-corrected chi connectivity index (χ1v) is 7.69. The lowest BCUT2D eigenvalue weighted by molar-refractivity contribution is -0.197. The molecule has 23 heavy (non-hydrogen) atoms.